The maximum Gasteiger partial charge on any atom is 0.121 e. The van der Waals surface area contributed by atoms with E-state index >= 15 is 0 Å². The lowest BCUT2D eigenvalue weighted by Gasteiger charge is -2.16. The van der Waals surface area contributed by atoms with E-state index in [1.54, 1.807) is 7.11 Å². The van der Waals surface area contributed by atoms with E-state index in [0.29, 0.717) is 0 Å². The summed E-state index contributed by atoms with van der Waals surface area (Å²) in [5, 5.41) is 10.2. The monoisotopic (exact) mass is 287 g/mol. The van der Waals surface area contributed by atoms with Gasteiger partial charge in [0.2, 0.25) is 0 Å². The van der Waals surface area contributed by atoms with Gasteiger partial charge in [-0.05, 0) is 29.8 Å². The lowest BCUT2D eigenvalue weighted by atomic mass is 10.1. The number of aliphatic hydroxyl groups is 1. The van der Waals surface area contributed by atoms with E-state index in [1.807, 2.05) is 67.5 Å². The number of nitrogens with zero attached hydrogens (tertiary/aromatic N) is 1. The van der Waals surface area contributed by atoms with Gasteiger partial charge in [0, 0.05) is 25.8 Å². The fourth-order valence-corrected chi connectivity index (χ4v) is 1.97. The molecule has 1 N–H and O–H groups in total. The van der Waals surface area contributed by atoms with Crippen molar-refractivity contribution in [2.24, 2.45) is 0 Å². The Hall–Kier alpha value is -2.20. The molecule has 0 bridgehead atoms. The van der Waals surface area contributed by atoms with Crippen molar-refractivity contribution in [1.29, 1.82) is 0 Å². The van der Waals surface area contributed by atoms with Crippen LogP contribution in [-0.4, -0.2) is 32.9 Å². The van der Waals surface area contributed by atoms with Gasteiger partial charge < -0.3 is 19.5 Å². The van der Waals surface area contributed by atoms with Crippen LogP contribution in [0.15, 0.2) is 48.5 Å². The standard InChI is InChI=1S/C17H21NO3/c1-18(2)14-7-5-9-16(11-14)21-12-17(19)13-6-4-8-15(10-13)20-3/h4-11,17,19H,12H2,1-3H3. The zero-order valence-electron chi connectivity index (χ0n) is 12.6. The molecule has 0 saturated heterocycles. The molecule has 2 rings (SSSR count). The van der Waals surface area contributed by atoms with Gasteiger partial charge in [0.05, 0.1) is 7.11 Å². The highest BCUT2D eigenvalue weighted by atomic mass is 16.5. The topological polar surface area (TPSA) is 41.9 Å². The van der Waals surface area contributed by atoms with E-state index in [0.717, 1.165) is 22.7 Å². The predicted octanol–water partition coefficient (Wildman–Crippen LogP) is 2.87. The molecule has 112 valence electrons. The average molecular weight is 287 g/mol. The molecule has 0 aliphatic carbocycles. The van der Waals surface area contributed by atoms with Gasteiger partial charge in [-0.3, -0.25) is 0 Å². The summed E-state index contributed by atoms with van der Waals surface area (Å²) in [6.07, 6.45) is -0.692. The molecule has 0 aliphatic heterocycles. The number of rotatable bonds is 6. The normalized spacial score (nSPS) is 11.8. The minimum absolute atomic E-state index is 0.198. The molecule has 2 aromatic carbocycles. The summed E-state index contributed by atoms with van der Waals surface area (Å²) in [6.45, 7) is 0.198. The van der Waals surface area contributed by atoms with Gasteiger partial charge in [-0.15, -0.1) is 0 Å². The first kappa shape index (κ1) is 15.2. The number of hydrogen-bond donors (Lipinski definition) is 1. The summed E-state index contributed by atoms with van der Waals surface area (Å²) in [4.78, 5) is 2.01. The van der Waals surface area contributed by atoms with Crippen LogP contribution in [0.25, 0.3) is 0 Å². The number of ether oxygens (including phenoxy) is 2. The lowest BCUT2D eigenvalue weighted by molar-refractivity contribution is 0.108. The van der Waals surface area contributed by atoms with Crippen molar-refractivity contribution < 1.29 is 14.6 Å². The van der Waals surface area contributed by atoms with Crippen LogP contribution in [0.2, 0.25) is 0 Å². The fraction of sp³-hybridized carbons (Fsp3) is 0.294. The minimum atomic E-state index is -0.692. The second-order valence-corrected chi connectivity index (χ2v) is 5.00. The quantitative estimate of drug-likeness (QED) is 0.887. The highest BCUT2D eigenvalue weighted by Crippen LogP contribution is 2.23. The Morgan fingerprint density at radius 2 is 1.76 bits per heavy atom. The molecular formula is C17H21NO3. The molecule has 0 aliphatic rings. The van der Waals surface area contributed by atoms with Crippen molar-refractivity contribution in [3.63, 3.8) is 0 Å². The van der Waals surface area contributed by atoms with Crippen LogP contribution >= 0.6 is 0 Å². The smallest absolute Gasteiger partial charge is 0.121 e. The molecule has 0 saturated carbocycles. The molecule has 0 fully saturated rings. The van der Waals surface area contributed by atoms with Crippen LogP contribution in [0.3, 0.4) is 0 Å². The van der Waals surface area contributed by atoms with Gasteiger partial charge in [-0.2, -0.15) is 0 Å². The van der Waals surface area contributed by atoms with Crippen molar-refractivity contribution in [2.45, 2.75) is 6.10 Å². The Bertz CT molecular complexity index is 584. The van der Waals surface area contributed by atoms with Gasteiger partial charge in [-0.25, -0.2) is 0 Å². The second-order valence-electron chi connectivity index (χ2n) is 5.00. The Morgan fingerprint density at radius 3 is 2.48 bits per heavy atom. The first-order valence-electron chi connectivity index (χ1n) is 6.82. The summed E-state index contributed by atoms with van der Waals surface area (Å²) in [6, 6.07) is 15.1. The average Bonchev–Trinajstić information content (AvgIpc) is 2.53. The Morgan fingerprint density at radius 1 is 1.05 bits per heavy atom. The number of methoxy groups -OCH3 is 1. The van der Waals surface area contributed by atoms with Crippen molar-refractivity contribution in [1.82, 2.24) is 0 Å². The van der Waals surface area contributed by atoms with Crippen LogP contribution < -0.4 is 14.4 Å². The summed E-state index contributed by atoms with van der Waals surface area (Å²) in [7, 11) is 5.56. The van der Waals surface area contributed by atoms with Crippen molar-refractivity contribution in [3.8, 4) is 11.5 Å². The largest absolute Gasteiger partial charge is 0.497 e. The first-order chi connectivity index (χ1) is 10.1. The Labute approximate surface area is 125 Å². The Balaban J connectivity index is 2.00. The molecule has 0 amide bonds. The van der Waals surface area contributed by atoms with E-state index in [1.165, 1.54) is 0 Å². The third-order valence-corrected chi connectivity index (χ3v) is 3.22. The highest BCUT2D eigenvalue weighted by Gasteiger charge is 2.10. The van der Waals surface area contributed by atoms with Crippen LogP contribution in [0.1, 0.15) is 11.7 Å². The van der Waals surface area contributed by atoms with Gasteiger partial charge in [-0.1, -0.05) is 18.2 Å². The molecule has 4 heteroatoms. The van der Waals surface area contributed by atoms with E-state index in [4.69, 9.17) is 9.47 Å². The summed E-state index contributed by atoms with van der Waals surface area (Å²) in [5.74, 6) is 1.46. The zero-order valence-corrected chi connectivity index (χ0v) is 12.6. The number of anilines is 1. The van der Waals surface area contributed by atoms with Crippen LogP contribution in [0.5, 0.6) is 11.5 Å². The maximum absolute atomic E-state index is 10.2. The SMILES string of the molecule is COc1cccc(C(O)COc2cccc(N(C)C)c2)c1. The predicted molar refractivity (Wildman–Crippen MR) is 84.2 cm³/mol. The van der Waals surface area contributed by atoms with E-state index in [9.17, 15) is 5.11 Å². The zero-order chi connectivity index (χ0) is 15.2. The van der Waals surface area contributed by atoms with Crippen molar-refractivity contribution >= 4 is 5.69 Å². The minimum Gasteiger partial charge on any atom is -0.497 e. The number of benzene rings is 2. The molecule has 0 heterocycles. The summed E-state index contributed by atoms with van der Waals surface area (Å²) < 4.78 is 10.8. The third kappa shape index (κ3) is 4.13. The van der Waals surface area contributed by atoms with Crippen molar-refractivity contribution in [2.75, 3.05) is 32.7 Å². The molecule has 2 aromatic rings. The molecule has 1 atom stereocenters. The van der Waals surface area contributed by atoms with Crippen molar-refractivity contribution in [3.05, 3.63) is 54.1 Å². The maximum atomic E-state index is 10.2. The molecular weight excluding hydrogens is 266 g/mol. The number of hydrogen-bond acceptors (Lipinski definition) is 4. The molecule has 1 unspecified atom stereocenters. The number of aliphatic hydroxyl groups excluding tert-OH is 1. The van der Waals surface area contributed by atoms with Crippen LogP contribution in [0, 0.1) is 0 Å². The molecule has 0 spiro atoms. The van der Waals surface area contributed by atoms with E-state index < -0.39 is 6.10 Å². The third-order valence-electron chi connectivity index (χ3n) is 3.22. The van der Waals surface area contributed by atoms with Gasteiger partial charge >= 0.3 is 0 Å². The van der Waals surface area contributed by atoms with E-state index in [-0.39, 0.29) is 6.61 Å². The lowest BCUT2D eigenvalue weighted by Crippen LogP contribution is -2.11. The first-order valence-corrected chi connectivity index (χ1v) is 6.82. The summed E-state index contributed by atoms with van der Waals surface area (Å²) in [5.41, 5.74) is 1.83. The van der Waals surface area contributed by atoms with Crippen LogP contribution in [-0.2, 0) is 0 Å². The molecule has 0 radical (unpaired) electrons. The van der Waals surface area contributed by atoms with Gasteiger partial charge in [0.25, 0.3) is 0 Å². The molecule has 4 nitrogen and oxygen atoms in total. The molecule has 0 aromatic heterocycles. The molecule has 21 heavy (non-hydrogen) atoms. The van der Waals surface area contributed by atoms with Crippen LogP contribution in [0.4, 0.5) is 5.69 Å². The second kappa shape index (κ2) is 6.99. The fourth-order valence-electron chi connectivity index (χ4n) is 1.97. The summed E-state index contributed by atoms with van der Waals surface area (Å²) >= 11 is 0. The van der Waals surface area contributed by atoms with Gasteiger partial charge in [0.1, 0.15) is 24.2 Å². The Kier molecular flexibility index (Phi) is 5.06. The highest BCUT2D eigenvalue weighted by molar-refractivity contribution is 5.49. The van der Waals surface area contributed by atoms with Gasteiger partial charge in [0.15, 0.2) is 0 Å². The van der Waals surface area contributed by atoms with E-state index in [2.05, 4.69) is 0 Å².